The minimum absolute atomic E-state index is 0. The van der Waals surface area contributed by atoms with Crippen LogP contribution in [0.1, 0.15) is 34.9 Å². The molecule has 3 aliphatic heterocycles. The summed E-state index contributed by atoms with van der Waals surface area (Å²) in [5.41, 5.74) is 7.86. The maximum absolute atomic E-state index is 13.0. The lowest BCUT2D eigenvalue weighted by molar-refractivity contribution is -0.110. The number of aromatic nitrogens is 1. The third kappa shape index (κ3) is 5.99. The molecule has 6 rings (SSSR count). The zero-order valence-electron chi connectivity index (χ0n) is 21.9. The number of hydrogen-bond acceptors (Lipinski definition) is 6. The van der Waals surface area contributed by atoms with Crippen LogP contribution in [0, 0.1) is 0 Å². The van der Waals surface area contributed by atoms with Crippen LogP contribution in [0.25, 0.3) is 11.1 Å². The van der Waals surface area contributed by atoms with Gasteiger partial charge in [0, 0.05) is 53.6 Å². The summed E-state index contributed by atoms with van der Waals surface area (Å²) in [6.07, 6.45) is 2.01. The Morgan fingerprint density at radius 1 is 1.05 bits per heavy atom. The Balaban J connectivity index is 0.00000323. The quantitative estimate of drug-likeness (QED) is 0.346. The van der Waals surface area contributed by atoms with E-state index < -0.39 is 0 Å². The Bertz CT molecular complexity index is 1500. The van der Waals surface area contributed by atoms with Gasteiger partial charge in [0.05, 0.1) is 31.0 Å². The number of hydrogen-bond donors (Lipinski definition) is 2. The zero-order valence-corrected chi connectivity index (χ0v) is 24.3. The van der Waals surface area contributed by atoms with E-state index in [4.69, 9.17) is 16.3 Å². The number of rotatable bonds is 6. The highest BCUT2D eigenvalue weighted by Crippen LogP contribution is 2.38. The minimum atomic E-state index is -0.128. The Morgan fingerprint density at radius 2 is 1.82 bits per heavy atom. The smallest absolute Gasteiger partial charge is 0.302 e. The van der Waals surface area contributed by atoms with Crippen molar-refractivity contribution in [3.05, 3.63) is 87.7 Å². The molecular formula is C29H29Cl2N5O3S. The number of anilines is 1. The van der Waals surface area contributed by atoms with E-state index in [0.717, 1.165) is 72.2 Å². The highest BCUT2D eigenvalue weighted by Gasteiger charge is 2.29. The molecule has 40 heavy (non-hydrogen) atoms. The predicted octanol–water partition coefficient (Wildman–Crippen LogP) is 5.88. The molecule has 2 amide bonds. The molecular weight excluding hydrogens is 569 g/mol. The number of ether oxygens (including phenoxy) is 1. The number of amides is 2. The van der Waals surface area contributed by atoms with E-state index in [-0.39, 0.29) is 23.6 Å². The molecule has 2 aromatic carbocycles. The van der Waals surface area contributed by atoms with Crippen LogP contribution in [0.2, 0.25) is 5.02 Å². The number of H-pyrrole nitrogens is 1. The summed E-state index contributed by atoms with van der Waals surface area (Å²) < 4.78 is 5.45. The maximum atomic E-state index is 13.0. The molecule has 4 heterocycles. The molecule has 0 aliphatic carbocycles. The highest BCUT2D eigenvalue weighted by molar-refractivity contribution is 8.14. The zero-order chi connectivity index (χ0) is 26.9. The van der Waals surface area contributed by atoms with Crippen molar-refractivity contribution in [3.8, 4) is 0 Å². The number of nitrogens with zero attached hydrogens (tertiary/aromatic N) is 3. The van der Waals surface area contributed by atoms with Gasteiger partial charge in [0.25, 0.3) is 5.91 Å². The molecule has 2 N–H and O–H groups in total. The lowest BCUT2D eigenvalue weighted by atomic mass is 9.98. The van der Waals surface area contributed by atoms with Gasteiger partial charge in [0.15, 0.2) is 0 Å². The number of aromatic amines is 1. The molecule has 0 spiro atoms. The molecule has 0 atom stereocenters. The number of nitrogens with one attached hydrogen (secondary N) is 2. The van der Waals surface area contributed by atoms with Gasteiger partial charge in [-0.15, -0.1) is 12.4 Å². The van der Waals surface area contributed by atoms with E-state index in [1.807, 2.05) is 55.6 Å². The van der Waals surface area contributed by atoms with Gasteiger partial charge in [-0.05, 0) is 59.5 Å². The summed E-state index contributed by atoms with van der Waals surface area (Å²) in [5.74, 6) is 0.381. The summed E-state index contributed by atoms with van der Waals surface area (Å²) in [5, 5.41) is 9.67. The van der Waals surface area contributed by atoms with Gasteiger partial charge in [-0.1, -0.05) is 41.6 Å². The fraction of sp³-hybridized carbons (Fsp3) is 0.276. The van der Waals surface area contributed by atoms with Crippen molar-refractivity contribution < 1.29 is 14.3 Å². The standard InChI is InChI=1S/C29H28ClN5O3S.ClH/c1-18(25-13-20(14-31-25)15-34-8-10-38-11-9-34)27-23-12-19(2-7-24(23)32-28(27)36)16-35-29(37)39-17-26(33-35)21-3-5-22(30)6-4-21;/h2-7,12-14,31H,8-11,15-17H2,1H3,(H,32,36);1H. The average Bonchev–Trinajstić information content (AvgIpc) is 3.54. The number of hydrazone groups is 1. The Labute approximate surface area is 248 Å². The molecule has 0 unspecified atom stereocenters. The van der Waals surface area contributed by atoms with E-state index in [1.165, 1.54) is 22.3 Å². The monoisotopic (exact) mass is 597 g/mol. The first-order valence-electron chi connectivity index (χ1n) is 12.9. The Morgan fingerprint density at radius 3 is 2.60 bits per heavy atom. The van der Waals surface area contributed by atoms with Crippen molar-refractivity contribution in [1.82, 2.24) is 14.9 Å². The number of halogens is 2. The molecule has 11 heteroatoms. The van der Waals surface area contributed by atoms with E-state index >= 15 is 0 Å². The molecule has 0 radical (unpaired) electrons. The van der Waals surface area contributed by atoms with Crippen molar-refractivity contribution in [2.75, 3.05) is 37.4 Å². The van der Waals surface area contributed by atoms with Crippen LogP contribution in [-0.2, 0) is 22.6 Å². The summed E-state index contributed by atoms with van der Waals surface area (Å²) in [4.78, 5) is 31.5. The first kappa shape index (κ1) is 28.4. The van der Waals surface area contributed by atoms with Crippen molar-refractivity contribution in [2.45, 2.75) is 20.0 Å². The second-order valence-electron chi connectivity index (χ2n) is 9.81. The molecule has 1 aromatic heterocycles. The molecule has 0 bridgehead atoms. The normalized spacial score (nSPS) is 18.6. The first-order valence-corrected chi connectivity index (χ1v) is 14.2. The van der Waals surface area contributed by atoms with Crippen molar-refractivity contribution in [2.24, 2.45) is 5.10 Å². The number of benzene rings is 2. The molecule has 208 valence electrons. The number of allylic oxidation sites excluding steroid dienone is 1. The number of fused-ring (bicyclic) bond motifs is 1. The van der Waals surface area contributed by atoms with Crippen LogP contribution in [0.4, 0.5) is 10.5 Å². The van der Waals surface area contributed by atoms with Crippen LogP contribution in [0.5, 0.6) is 0 Å². The number of carbonyl (C=O) groups excluding carboxylic acids is 2. The van der Waals surface area contributed by atoms with E-state index in [1.54, 1.807) is 0 Å². The SMILES string of the molecule is CC(=C1C(=O)Nc2ccc(CN3N=C(c4ccc(Cl)cc4)CSC3=O)cc21)c1cc(CN2CCOCC2)c[nH]1.Cl. The van der Waals surface area contributed by atoms with Gasteiger partial charge < -0.3 is 15.0 Å². The number of carbonyl (C=O) groups is 2. The van der Waals surface area contributed by atoms with E-state index in [0.29, 0.717) is 22.9 Å². The molecule has 8 nitrogen and oxygen atoms in total. The molecule has 0 saturated carbocycles. The van der Waals surface area contributed by atoms with Crippen molar-refractivity contribution in [1.29, 1.82) is 0 Å². The van der Waals surface area contributed by atoms with Gasteiger partial charge in [-0.2, -0.15) is 5.10 Å². The first-order chi connectivity index (χ1) is 18.9. The van der Waals surface area contributed by atoms with Crippen molar-refractivity contribution in [3.63, 3.8) is 0 Å². The summed E-state index contributed by atoms with van der Waals surface area (Å²) >= 11 is 7.26. The molecule has 3 aliphatic rings. The molecule has 1 saturated heterocycles. The fourth-order valence-corrected chi connectivity index (χ4v) is 5.93. The molecule has 1 fully saturated rings. The van der Waals surface area contributed by atoms with Crippen LogP contribution in [-0.4, -0.2) is 63.8 Å². The third-order valence-corrected chi connectivity index (χ3v) is 8.28. The average molecular weight is 599 g/mol. The Kier molecular flexibility index (Phi) is 8.68. The number of morpholine rings is 1. The largest absolute Gasteiger partial charge is 0.379 e. The fourth-order valence-electron chi connectivity index (χ4n) is 5.06. The van der Waals surface area contributed by atoms with Gasteiger partial charge in [-0.25, -0.2) is 5.01 Å². The highest BCUT2D eigenvalue weighted by atomic mass is 35.5. The van der Waals surface area contributed by atoms with Gasteiger partial charge in [0.2, 0.25) is 0 Å². The van der Waals surface area contributed by atoms with Gasteiger partial charge >= 0.3 is 5.24 Å². The van der Waals surface area contributed by atoms with Crippen LogP contribution >= 0.6 is 35.8 Å². The van der Waals surface area contributed by atoms with Crippen LogP contribution in [0.3, 0.4) is 0 Å². The van der Waals surface area contributed by atoms with E-state index in [9.17, 15) is 9.59 Å². The van der Waals surface area contributed by atoms with Crippen molar-refractivity contribution >= 4 is 69.5 Å². The van der Waals surface area contributed by atoms with Gasteiger partial charge in [0.1, 0.15) is 0 Å². The Hall–Kier alpha value is -3.08. The maximum Gasteiger partial charge on any atom is 0.302 e. The lowest BCUT2D eigenvalue weighted by Gasteiger charge is -2.25. The topological polar surface area (TPSA) is 90.0 Å². The second kappa shape index (κ2) is 12.2. The summed E-state index contributed by atoms with van der Waals surface area (Å²) in [6.45, 7) is 6.47. The minimum Gasteiger partial charge on any atom is -0.379 e. The second-order valence-corrected chi connectivity index (χ2v) is 11.2. The van der Waals surface area contributed by atoms with Gasteiger partial charge in [-0.3, -0.25) is 14.5 Å². The number of thioether (sulfide) groups is 1. The predicted molar refractivity (Wildman–Crippen MR) is 163 cm³/mol. The van der Waals surface area contributed by atoms with Crippen LogP contribution < -0.4 is 5.32 Å². The summed E-state index contributed by atoms with van der Waals surface area (Å²) in [7, 11) is 0. The summed E-state index contributed by atoms with van der Waals surface area (Å²) in [6, 6.07) is 15.4. The third-order valence-electron chi connectivity index (χ3n) is 7.15. The van der Waals surface area contributed by atoms with E-state index in [2.05, 4.69) is 26.4 Å². The molecule has 3 aromatic rings. The van der Waals surface area contributed by atoms with Crippen LogP contribution in [0.15, 0.2) is 59.8 Å². The lowest BCUT2D eigenvalue weighted by Crippen LogP contribution is -2.35.